The topological polar surface area (TPSA) is 92.8 Å². The van der Waals surface area contributed by atoms with E-state index < -0.39 is 30.5 Å². The van der Waals surface area contributed by atoms with Gasteiger partial charge in [-0.15, -0.1) is 0 Å². The number of nitrogens with zero attached hydrogens (tertiary/aromatic N) is 1. The molecular weight excluding hydrogens is 340 g/mol. The van der Waals surface area contributed by atoms with Crippen molar-refractivity contribution in [2.75, 3.05) is 33.4 Å². The molecule has 23 heavy (non-hydrogen) atoms. The molecule has 0 aromatic heterocycles. The van der Waals surface area contributed by atoms with Gasteiger partial charge in [0.05, 0.1) is 10.5 Å². The van der Waals surface area contributed by atoms with Crippen LogP contribution in [0.25, 0.3) is 0 Å². The molecule has 1 aliphatic rings. The van der Waals surface area contributed by atoms with Crippen LogP contribution in [0, 0.1) is 5.92 Å². The van der Waals surface area contributed by atoms with Gasteiger partial charge in [0.25, 0.3) is 0 Å². The molecule has 0 saturated carbocycles. The first-order chi connectivity index (χ1) is 10.6. The number of ether oxygens (including phenoxy) is 1. The van der Waals surface area contributed by atoms with Crippen molar-refractivity contribution < 1.29 is 21.6 Å². The predicted molar refractivity (Wildman–Crippen MR) is 91.2 cm³/mol. The van der Waals surface area contributed by atoms with Gasteiger partial charge in [-0.1, -0.05) is 0 Å². The number of sulfonamides is 2. The third-order valence-electron chi connectivity index (χ3n) is 4.23. The largest absolute Gasteiger partial charge is 0.385 e. The molecular formula is C14H30N2O5S2. The number of hydrogen-bond acceptors (Lipinski definition) is 5. The molecule has 0 aromatic carbocycles. The second-order valence-electron chi connectivity index (χ2n) is 6.44. The van der Waals surface area contributed by atoms with Crippen molar-refractivity contribution >= 4 is 20.0 Å². The Balaban J connectivity index is 2.51. The van der Waals surface area contributed by atoms with E-state index in [1.807, 2.05) is 0 Å². The third kappa shape index (κ3) is 5.97. The highest BCUT2D eigenvalue weighted by Gasteiger charge is 2.35. The molecule has 1 heterocycles. The molecule has 0 bridgehead atoms. The Hall–Kier alpha value is -0.220. The SMILES string of the molecule is COCCCNS(=O)(=O)C(C)CC1CCN(S(=O)(=O)C(C)C)C1. The Morgan fingerprint density at radius 3 is 2.43 bits per heavy atom. The highest BCUT2D eigenvalue weighted by atomic mass is 32.2. The first-order valence-electron chi connectivity index (χ1n) is 8.07. The van der Waals surface area contributed by atoms with Crippen molar-refractivity contribution in [2.45, 2.75) is 50.5 Å². The van der Waals surface area contributed by atoms with Crippen molar-refractivity contribution in [1.29, 1.82) is 0 Å². The lowest BCUT2D eigenvalue weighted by atomic mass is 10.0. The summed E-state index contributed by atoms with van der Waals surface area (Å²) >= 11 is 0. The minimum Gasteiger partial charge on any atom is -0.385 e. The van der Waals surface area contributed by atoms with E-state index in [1.54, 1.807) is 27.9 Å². The molecule has 7 nitrogen and oxygen atoms in total. The first kappa shape index (κ1) is 20.8. The summed E-state index contributed by atoms with van der Waals surface area (Å²) < 4.78 is 57.6. The summed E-state index contributed by atoms with van der Waals surface area (Å²) in [5.74, 6) is 0.0917. The van der Waals surface area contributed by atoms with Crippen LogP contribution in [0.5, 0.6) is 0 Å². The van der Waals surface area contributed by atoms with Gasteiger partial charge in [-0.3, -0.25) is 0 Å². The Labute approximate surface area is 140 Å². The molecule has 1 fully saturated rings. The Morgan fingerprint density at radius 1 is 1.22 bits per heavy atom. The molecule has 1 saturated heterocycles. The van der Waals surface area contributed by atoms with Gasteiger partial charge in [0.2, 0.25) is 20.0 Å². The van der Waals surface area contributed by atoms with Crippen LogP contribution < -0.4 is 4.72 Å². The first-order valence-corrected chi connectivity index (χ1v) is 11.1. The predicted octanol–water partition coefficient (Wildman–Crippen LogP) is 0.781. The minimum atomic E-state index is -3.37. The highest BCUT2D eigenvalue weighted by molar-refractivity contribution is 7.90. The summed E-state index contributed by atoms with van der Waals surface area (Å²) in [4.78, 5) is 0. The summed E-state index contributed by atoms with van der Waals surface area (Å²) in [5, 5.41) is -0.971. The molecule has 0 radical (unpaired) electrons. The number of nitrogens with one attached hydrogen (secondary N) is 1. The summed E-state index contributed by atoms with van der Waals surface area (Å²) in [6.07, 6.45) is 1.82. The highest BCUT2D eigenvalue weighted by Crippen LogP contribution is 2.26. The van der Waals surface area contributed by atoms with E-state index in [1.165, 1.54) is 4.31 Å². The van der Waals surface area contributed by atoms with E-state index in [2.05, 4.69) is 4.72 Å². The molecule has 1 rings (SSSR count). The zero-order valence-electron chi connectivity index (χ0n) is 14.5. The maximum absolute atomic E-state index is 12.2. The van der Waals surface area contributed by atoms with Crippen LogP contribution in [0.15, 0.2) is 0 Å². The quantitative estimate of drug-likeness (QED) is 0.574. The fraction of sp³-hybridized carbons (Fsp3) is 1.00. The number of hydrogen-bond donors (Lipinski definition) is 1. The molecule has 2 unspecified atom stereocenters. The van der Waals surface area contributed by atoms with Gasteiger partial charge in [0.1, 0.15) is 0 Å². The second kappa shape index (κ2) is 8.75. The van der Waals surface area contributed by atoms with Crippen molar-refractivity contribution in [1.82, 2.24) is 9.03 Å². The second-order valence-corrected chi connectivity index (χ2v) is 11.1. The van der Waals surface area contributed by atoms with E-state index in [-0.39, 0.29) is 5.92 Å². The number of rotatable bonds is 10. The zero-order chi connectivity index (χ0) is 17.7. The van der Waals surface area contributed by atoms with E-state index in [9.17, 15) is 16.8 Å². The van der Waals surface area contributed by atoms with Gasteiger partial charge in [-0.2, -0.15) is 0 Å². The number of methoxy groups -OCH3 is 1. The zero-order valence-corrected chi connectivity index (χ0v) is 16.1. The molecule has 0 amide bonds. The maximum atomic E-state index is 12.2. The molecule has 0 spiro atoms. The van der Waals surface area contributed by atoms with Gasteiger partial charge in [-0.05, 0) is 46.0 Å². The normalized spacial score (nSPS) is 21.9. The average Bonchev–Trinajstić information content (AvgIpc) is 2.92. The van der Waals surface area contributed by atoms with Crippen molar-refractivity contribution in [3.05, 3.63) is 0 Å². The van der Waals surface area contributed by atoms with Crippen LogP contribution >= 0.6 is 0 Å². The van der Waals surface area contributed by atoms with Crippen molar-refractivity contribution in [2.24, 2.45) is 5.92 Å². The standard InChI is InChI=1S/C14H30N2O5S2/c1-12(2)23(19,20)16-8-6-14(11-16)10-13(3)22(17,18)15-7-5-9-21-4/h12-15H,5-11H2,1-4H3. The Kier molecular flexibility index (Phi) is 7.92. The van der Waals surface area contributed by atoms with Crippen LogP contribution in [0.3, 0.4) is 0 Å². The van der Waals surface area contributed by atoms with Crippen molar-refractivity contribution in [3.63, 3.8) is 0 Å². The van der Waals surface area contributed by atoms with Crippen LogP contribution in [0.2, 0.25) is 0 Å². The molecule has 138 valence electrons. The summed E-state index contributed by atoms with van der Waals surface area (Å²) in [7, 11) is -5.04. The van der Waals surface area contributed by atoms with E-state index in [4.69, 9.17) is 4.74 Å². The van der Waals surface area contributed by atoms with Crippen LogP contribution in [0.4, 0.5) is 0 Å². The van der Waals surface area contributed by atoms with Crippen LogP contribution in [-0.2, 0) is 24.8 Å². The van der Waals surface area contributed by atoms with Gasteiger partial charge in [0, 0.05) is 33.4 Å². The monoisotopic (exact) mass is 370 g/mol. The molecule has 2 atom stereocenters. The van der Waals surface area contributed by atoms with E-state index >= 15 is 0 Å². The van der Waals surface area contributed by atoms with Crippen LogP contribution in [-0.4, -0.2) is 65.0 Å². The smallest absolute Gasteiger partial charge is 0.216 e. The van der Waals surface area contributed by atoms with E-state index in [0.29, 0.717) is 39.1 Å². The third-order valence-corrected chi connectivity index (χ3v) is 8.33. The molecule has 0 aromatic rings. The summed E-state index contributed by atoms with van der Waals surface area (Å²) in [6.45, 7) is 6.79. The molecule has 1 N–H and O–H groups in total. The Bertz CT molecular complexity index is 560. The fourth-order valence-electron chi connectivity index (χ4n) is 2.69. The average molecular weight is 371 g/mol. The summed E-state index contributed by atoms with van der Waals surface area (Å²) in [6, 6.07) is 0. The van der Waals surface area contributed by atoms with Gasteiger partial charge in [-0.25, -0.2) is 25.9 Å². The van der Waals surface area contributed by atoms with Gasteiger partial charge >= 0.3 is 0 Å². The Morgan fingerprint density at radius 2 is 1.87 bits per heavy atom. The minimum absolute atomic E-state index is 0.0917. The lowest BCUT2D eigenvalue weighted by Gasteiger charge is -2.20. The lowest BCUT2D eigenvalue weighted by Crippen LogP contribution is -2.36. The maximum Gasteiger partial charge on any atom is 0.216 e. The molecule has 1 aliphatic heterocycles. The van der Waals surface area contributed by atoms with E-state index in [0.717, 1.165) is 6.42 Å². The summed E-state index contributed by atoms with van der Waals surface area (Å²) in [5.41, 5.74) is 0. The fourth-order valence-corrected chi connectivity index (χ4v) is 5.30. The lowest BCUT2D eigenvalue weighted by molar-refractivity contribution is 0.196. The van der Waals surface area contributed by atoms with Gasteiger partial charge in [0.15, 0.2) is 0 Å². The van der Waals surface area contributed by atoms with Gasteiger partial charge < -0.3 is 4.74 Å². The molecule has 0 aliphatic carbocycles. The van der Waals surface area contributed by atoms with Crippen LogP contribution in [0.1, 0.15) is 40.0 Å². The molecule has 9 heteroatoms. The van der Waals surface area contributed by atoms with Crippen molar-refractivity contribution in [3.8, 4) is 0 Å².